The highest BCUT2D eigenvalue weighted by molar-refractivity contribution is 5.94. The summed E-state index contributed by atoms with van der Waals surface area (Å²) in [5.41, 5.74) is 0.502. The van der Waals surface area contributed by atoms with Crippen LogP contribution < -0.4 is 10.1 Å². The zero-order valence-electron chi connectivity index (χ0n) is 13.1. The van der Waals surface area contributed by atoms with Crippen molar-refractivity contribution in [3.63, 3.8) is 0 Å². The number of nitrogens with one attached hydrogen (secondary N) is 1. The van der Waals surface area contributed by atoms with E-state index < -0.39 is 0 Å². The third-order valence-electron chi connectivity index (χ3n) is 3.24. The largest absolute Gasteiger partial charge is 0.478 e. The van der Waals surface area contributed by atoms with Gasteiger partial charge in [0.2, 0.25) is 5.88 Å². The number of aromatic nitrogens is 4. The summed E-state index contributed by atoms with van der Waals surface area (Å²) in [5.74, 6) is 0.604. The van der Waals surface area contributed by atoms with Crippen LogP contribution in [0.5, 0.6) is 5.88 Å². The van der Waals surface area contributed by atoms with Crippen LogP contribution in [0.15, 0.2) is 30.7 Å². The molecule has 0 aliphatic carbocycles. The number of hydrogen-bond acceptors (Lipinski definition) is 5. The Hall–Kier alpha value is -2.44. The first kappa shape index (κ1) is 15.9. The van der Waals surface area contributed by atoms with E-state index in [4.69, 9.17) is 4.74 Å². The first-order chi connectivity index (χ1) is 10.6. The SMILES string of the molecule is CCOc1ccc(C(=O)NC(Cn2nccn2)C(C)C)cn1. The summed E-state index contributed by atoms with van der Waals surface area (Å²) in [6.07, 6.45) is 4.76. The molecule has 0 saturated heterocycles. The zero-order valence-corrected chi connectivity index (χ0v) is 13.1. The van der Waals surface area contributed by atoms with Gasteiger partial charge in [-0.25, -0.2) is 4.98 Å². The number of pyridine rings is 1. The molecule has 22 heavy (non-hydrogen) atoms. The van der Waals surface area contributed by atoms with Crippen LogP contribution in [0.25, 0.3) is 0 Å². The lowest BCUT2D eigenvalue weighted by molar-refractivity contribution is 0.0917. The Kier molecular flexibility index (Phi) is 5.46. The summed E-state index contributed by atoms with van der Waals surface area (Å²) in [7, 11) is 0. The van der Waals surface area contributed by atoms with Crippen molar-refractivity contribution >= 4 is 5.91 Å². The number of nitrogens with zero attached hydrogens (tertiary/aromatic N) is 4. The minimum Gasteiger partial charge on any atom is -0.478 e. The third-order valence-corrected chi connectivity index (χ3v) is 3.24. The maximum atomic E-state index is 12.3. The van der Waals surface area contributed by atoms with Crippen LogP contribution in [0.1, 0.15) is 31.1 Å². The predicted molar refractivity (Wildman–Crippen MR) is 81.5 cm³/mol. The first-order valence-corrected chi connectivity index (χ1v) is 7.34. The van der Waals surface area contributed by atoms with Crippen molar-refractivity contribution in [2.24, 2.45) is 5.92 Å². The van der Waals surface area contributed by atoms with Gasteiger partial charge in [0.05, 0.1) is 37.2 Å². The molecule has 0 radical (unpaired) electrons. The van der Waals surface area contributed by atoms with Gasteiger partial charge in [0.1, 0.15) is 0 Å². The molecule has 0 aliphatic rings. The second-order valence-electron chi connectivity index (χ2n) is 5.23. The van der Waals surface area contributed by atoms with Gasteiger partial charge in [-0.1, -0.05) is 13.8 Å². The molecule has 7 nitrogen and oxygen atoms in total. The van der Waals surface area contributed by atoms with E-state index in [-0.39, 0.29) is 17.9 Å². The second-order valence-corrected chi connectivity index (χ2v) is 5.23. The number of carbonyl (C=O) groups excluding carboxylic acids is 1. The molecule has 1 N–H and O–H groups in total. The minimum atomic E-state index is -0.165. The highest BCUT2D eigenvalue weighted by atomic mass is 16.5. The van der Waals surface area contributed by atoms with Crippen molar-refractivity contribution in [2.75, 3.05) is 6.61 Å². The third kappa shape index (κ3) is 4.28. The molecular formula is C15H21N5O2. The molecule has 0 aromatic carbocycles. The van der Waals surface area contributed by atoms with Crippen molar-refractivity contribution in [3.8, 4) is 5.88 Å². The number of amides is 1. The first-order valence-electron chi connectivity index (χ1n) is 7.34. The summed E-state index contributed by atoms with van der Waals surface area (Å²) in [5, 5.41) is 11.2. The Balaban J connectivity index is 2.01. The minimum absolute atomic E-state index is 0.0635. The molecular weight excluding hydrogens is 282 g/mol. The Labute approximate surface area is 129 Å². The van der Waals surface area contributed by atoms with Crippen LogP contribution in [0.4, 0.5) is 0 Å². The lowest BCUT2D eigenvalue weighted by atomic mass is 10.0. The van der Waals surface area contributed by atoms with Crippen LogP contribution in [0.3, 0.4) is 0 Å². The number of ether oxygens (including phenoxy) is 1. The van der Waals surface area contributed by atoms with E-state index in [1.807, 2.05) is 20.8 Å². The van der Waals surface area contributed by atoms with E-state index in [1.165, 1.54) is 6.20 Å². The van der Waals surface area contributed by atoms with Crippen LogP contribution >= 0.6 is 0 Å². The molecule has 1 amide bonds. The fraction of sp³-hybridized carbons (Fsp3) is 0.467. The average molecular weight is 303 g/mol. The standard InChI is InChI=1S/C15H21N5O2/c1-4-22-14-6-5-12(9-16-14)15(21)19-13(11(2)3)10-20-17-7-8-18-20/h5-9,11,13H,4,10H2,1-3H3,(H,19,21). The molecule has 7 heteroatoms. The zero-order chi connectivity index (χ0) is 15.9. The fourth-order valence-electron chi connectivity index (χ4n) is 1.94. The topological polar surface area (TPSA) is 81.9 Å². The molecule has 2 aromatic rings. The molecule has 0 fully saturated rings. The summed E-state index contributed by atoms with van der Waals surface area (Å²) in [6, 6.07) is 3.33. The maximum absolute atomic E-state index is 12.3. The molecule has 1 atom stereocenters. The van der Waals surface area contributed by atoms with Gasteiger partial charge in [-0.15, -0.1) is 0 Å². The molecule has 0 aliphatic heterocycles. The van der Waals surface area contributed by atoms with Gasteiger partial charge in [0, 0.05) is 12.3 Å². The normalized spacial score (nSPS) is 12.2. The lowest BCUT2D eigenvalue weighted by Crippen LogP contribution is -2.42. The van der Waals surface area contributed by atoms with Gasteiger partial charge in [-0.2, -0.15) is 15.0 Å². The van der Waals surface area contributed by atoms with E-state index in [0.29, 0.717) is 24.6 Å². The summed E-state index contributed by atoms with van der Waals surface area (Å²) in [6.45, 7) is 7.06. The molecule has 118 valence electrons. The Bertz CT molecular complexity index is 580. The van der Waals surface area contributed by atoms with Gasteiger partial charge in [0.25, 0.3) is 5.91 Å². The molecule has 2 rings (SSSR count). The van der Waals surface area contributed by atoms with E-state index in [2.05, 4.69) is 20.5 Å². The van der Waals surface area contributed by atoms with E-state index in [1.54, 1.807) is 29.3 Å². The Morgan fingerprint density at radius 3 is 2.59 bits per heavy atom. The van der Waals surface area contributed by atoms with Crippen molar-refractivity contribution in [1.29, 1.82) is 0 Å². The van der Waals surface area contributed by atoms with Gasteiger partial charge < -0.3 is 10.1 Å². The smallest absolute Gasteiger partial charge is 0.253 e. The van der Waals surface area contributed by atoms with Gasteiger partial charge in [-0.3, -0.25) is 4.79 Å². The quantitative estimate of drug-likeness (QED) is 0.838. The summed E-state index contributed by atoms with van der Waals surface area (Å²) < 4.78 is 5.27. The van der Waals surface area contributed by atoms with E-state index in [9.17, 15) is 4.79 Å². The Morgan fingerprint density at radius 1 is 1.32 bits per heavy atom. The molecule has 2 heterocycles. The number of rotatable bonds is 7. The lowest BCUT2D eigenvalue weighted by Gasteiger charge is -2.21. The van der Waals surface area contributed by atoms with Crippen molar-refractivity contribution in [2.45, 2.75) is 33.4 Å². The Morgan fingerprint density at radius 2 is 2.05 bits per heavy atom. The van der Waals surface area contributed by atoms with Crippen LogP contribution in [0.2, 0.25) is 0 Å². The van der Waals surface area contributed by atoms with Crippen LogP contribution in [-0.4, -0.2) is 38.5 Å². The molecule has 2 aromatic heterocycles. The average Bonchev–Trinajstić information content (AvgIpc) is 3.00. The number of hydrogen-bond donors (Lipinski definition) is 1. The summed E-state index contributed by atoms with van der Waals surface area (Å²) in [4.78, 5) is 18.0. The molecule has 0 spiro atoms. The van der Waals surface area contributed by atoms with Crippen molar-refractivity contribution in [1.82, 2.24) is 25.3 Å². The predicted octanol–water partition coefficient (Wildman–Crippen LogP) is 1.53. The highest BCUT2D eigenvalue weighted by Gasteiger charge is 2.18. The van der Waals surface area contributed by atoms with E-state index in [0.717, 1.165) is 0 Å². The van der Waals surface area contributed by atoms with Gasteiger partial charge in [-0.05, 0) is 18.9 Å². The van der Waals surface area contributed by atoms with Crippen LogP contribution in [-0.2, 0) is 6.54 Å². The fourth-order valence-corrected chi connectivity index (χ4v) is 1.94. The monoisotopic (exact) mass is 303 g/mol. The number of carbonyl (C=O) groups is 1. The summed E-state index contributed by atoms with van der Waals surface area (Å²) >= 11 is 0. The molecule has 0 saturated carbocycles. The highest BCUT2D eigenvalue weighted by Crippen LogP contribution is 2.09. The van der Waals surface area contributed by atoms with Crippen molar-refractivity contribution < 1.29 is 9.53 Å². The second kappa shape index (κ2) is 7.53. The van der Waals surface area contributed by atoms with Crippen LogP contribution in [0, 0.1) is 5.92 Å². The molecule has 1 unspecified atom stereocenters. The van der Waals surface area contributed by atoms with Gasteiger partial charge in [0.15, 0.2) is 0 Å². The van der Waals surface area contributed by atoms with Gasteiger partial charge >= 0.3 is 0 Å². The van der Waals surface area contributed by atoms with E-state index >= 15 is 0 Å². The maximum Gasteiger partial charge on any atom is 0.253 e. The van der Waals surface area contributed by atoms with Crippen molar-refractivity contribution in [3.05, 3.63) is 36.3 Å². The molecule has 0 bridgehead atoms.